The third-order valence-electron chi connectivity index (χ3n) is 4.73. The number of carbonyl (C=O) groups is 3. The quantitative estimate of drug-likeness (QED) is 0.214. The Balaban J connectivity index is 1.96. The number of alkyl halides is 1. The number of sulfone groups is 1. The van der Waals surface area contributed by atoms with Gasteiger partial charge in [0.25, 0.3) is 0 Å². The van der Waals surface area contributed by atoms with Gasteiger partial charge in [0.1, 0.15) is 14.7 Å². The van der Waals surface area contributed by atoms with E-state index in [0.29, 0.717) is 0 Å². The largest absolute Gasteiger partial charge is 0.461 e. The minimum Gasteiger partial charge on any atom is -0.461 e. The van der Waals surface area contributed by atoms with Gasteiger partial charge in [0, 0.05) is 0 Å². The van der Waals surface area contributed by atoms with Crippen molar-refractivity contribution in [1.82, 2.24) is 19.9 Å². The Morgan fingerprint density at radius 3 is 2.70 bits per heavy atom. The Kier molecular flexibility index (Phi) is 5.18. The zero-order valence-corrected chi connectivity index (χ0v) is 17.5. The molecule has 2 aliphatic rings. The summed E-state index contributed by atoms with van der Waals surface area (Å²) < 4.78 is 35.4. The van der Waals surface area contributed by atoms with E-state index >= 15 is 0 Å². The maximum Gasteiger partial charge on any atom is 0.360 e. The van der Waals surface area contributed by atoms with Gasteiger partial charge < -0.3 is 14.4 Å². The Hall–Kier alpha value is -1.77. The van der Waals surface area contributed by atoms with Crippen LogP contribution in [0.2, 0.25) is 0 Å². The smallest absolute Gasteiger partial charge is 0.360 e. The van der Waals surface area contributed by atoms with E-state index < -0.39 is 43.8 Å². The van der Waals surface area contributed by atoms with Crippen molar-refractivity contribution < 1.29 is 32.3 Å². The number of aromatic nitrogens is 3. The van der Waals surface area contributed by atoms with Gasteiger partial charge in [0.2, 0.25) is 5.91 Å². The van der Waals surface area contributed by atoms with Gasteiger partial charge in [-0.25, -0.2) is 22.7 Å². The number of nitrogens with zero attached hydrogens (tertiary/aromatic N) is 4. The van der Waals surface area contributed by atoms with Gasteiger partial charge in [-0.2, -0.15) is 0 Å². The summed E-state index contributed by atoms with van der Waals surface area (Å²) in [6.45, 7) is 2.89. The minimum absolute atomic E-state index is 0.0201. The summed E-state index contributed by atoms with van der Waals surface area (Å²) in [6.07, 6.45) is 1.08. The number of ether oxygens (including phenoxy) is 2. The average molecular weight is 512 g/mol. The second-order valence-corrected chi connectivity index (χ2v) is 9.50. The van der Waals surface area contributed by atoms with E-state index in [-0.39, 0.29) is 29.9 Å². The van der Waals surface area contributed by atoms with Crippen LogP contribution in [0.25, 0.3) is 0 Å². The Bertz CT molecular complexity index is 901. The molecule has 0 bridgehead atoms. The summed E-state index contributed by atoms with van der Waals surface area (Å²) >= 11 is 1.81. The first-order chi connectivity index (χ1) is 12.7. The van der Waals surface area contributed by atoms with Gasteiger partial charge in [-0.1, -0.05) is 5.21 Å². The van der Waals surface area contributed by atoms with Crippen molar-refractivity contribution in [2.24, 2.45) is 0 Å². The number of amides is 1. The van der Waals surface area contributed by atoms with Crippen molar-refractivity contribution in [2.45, 2.75) is 43.0 Å². The summed E-state index contributed by atoms with van der Waals surface area (Å²) in [7, 11) is -3.90. The average Bonchev–Trinajstić information content (AvgIpc) is 3.09. The van der Waals surface area contributed by atoms with Crippen molar-refractivity contribution in [3.63, 3.8) is 0 Å². The highest BCUT2D eigenvalue weighted by molar-refractivity contribution is 14.1. The lowest BCUT2D eigenvalue weighted by Crippen LogP contribution is -2.58. The van der Waals surface area contributed by atoms with E-state index in [1.807, 2.05) is 22.6 Å². The van der Waals surface area contributed by atoms with E-state index in [4.69, 9.17) is 9.47 Å². The molecule has 3 rings (SSSR count). The van der Waals surface area contributed by atoms with Gasteiger partial charge in [0.15, 0.2) is 21.6 Å². The molecule has 0 spiro atoms. The van der Waals surface area contributed by atoms with Crippen molar-refractivity contribution in [2.75, 3.05) is 11.2 Å². The monoisotopic (exact) mass is 512 g/mol. The van der Waals surface area contributed by atoms with Crippen LogP contribution < -0.4 is 0 Å². The molecule has 1 aromatic heterocycles. The molecule has 27 heavy (non-hydrogen) atoms. The molecule has 2 aliphatic heterocycles. The Labute approximate surface area is 168 Å². The number of carbonyl (C=O) groups excluding carboxylic acids is 3. The first kappa shape index (κ1) is 20.0. The lowest BCUT2D eigenvalue weighted by atomic mass is 9.96. The van der Waals surface area contributed by atoms with Crippen LogP contribution in [0.4, 0.5) is 0 Å². The molecule has 0 radical (unpaired) electrons. The molecular weight excluding hydrogens is 495 g/mol. The maximum atomic E-state index is 13.0. The van der Waals surface area contributed by atoms with E-state index in [1.165, 1.54) is 13.1 Å². The summed E-state index contributed by atoms with van der Waals surface area (Å²) in [5, 5.41) is 6.38. The van der Waals surface area contributed by atoms with E-state index in [2.05, 4.69) is 10.3 Å². The summed E-state index contributed by atoms with van der Waals surface area (Å²) in [5.74, 6) is -1.91. The summed E-state index contributed by atoms with van der Waals surface area (Å²) in [6, 6.07) is -1.29. The molecule has 2 saturated heterocycles. The third-order valence-corrected chi connectivity index (χ3v) is 7.81. The molecular formula is C14H17IN4O7S. The van der Waals surface area contributed by atoms with Crippen LogP contribution in [0.3, 0.4) is 0 Å². The number of rotatable bonds is 6. The van der Waals surface area contributed by atoms with E-state index in [9.17, 15) is 22.8 Å². The van der Waals surface area contributed by atoms with Gasteiger partial charge in [-0.15, -0.1) is 5.10 Å². The molecule has 2 fully saturated rings. The van der Waals surface area contributed by atoms with Crippen LogP contribution in [0.15, 0.2) is 6.20 Å². The highest BCUT2D eigenvalue weighted by Crippen LogP contribution is 2.47. The van der Waals surface area contributed by atoms with Crippen LogP contribution in [0.5, 0.6) is 0 Å². The standard InChI is InChI=1S/C14H17IN4O7S/c1-3-25-12(21)8-5-18(17-16-8)6-14(2)11(13(22)26-7-15)19-9(20)4-10(19)27(14,23)24/h5,10-11H,3-4,6-7H2,1-2H3/t10-,11+,14+/m1/s1. The van der Waals surface area contributed by atoms with E-state index in [1.54, 1.807) is 6.92 Å². The zero-order chi connectivity index (χ0) is 20.0. The van der Waals surface area contributed by atoms with Crippen LogP contribution in [0.1, 0.15) is 30.8 Å². The number of fused-ring (bicyclic) bond motifs is 1. The molecule has 3 atom stereocenters. The second kappa shape index (κ2) is 7.00. The fourth-order valence-electron chi connectivity index (χ4n) is 3.40. The molecule has 11 nitrogen and oxygen atoms in total. The summed E-state index contributed by atoms with van der Waals surface area (Å²) in [4.78, 5) is 37.2. The number of esters is 2. The predicted molar refractivity (Wildman–Crippen MR) is 97.3 cm³/mol. The first-order valence-electron chi connectivity index (χ1n) is 8.01. The third kappa shape index (κ3) is 2.99. The second-order valence-electron chi connectivity index (χ2n) is 6.31. The van der Waals surface area contributed by atoms with Crippen LogP contribution in [0, 0.1) is 0 Å². The number of hydrogen-bond acceptors (Lipinski definition) is 9. The van der Waals surface area contributed by atoms with Crippen molar-refractivity contribution >= 4 is 50.3 Å². The van der Waals surface area contributed by atoms with Crippen LogP contribution in [-0.2, 0) is 35.4 Å². The zero-order valence-electron chi connectivity index (χ0n) is 14.5. The van der Waals surface area contributed by atoms with Crippen molar-refractivity contribution in [1.29, 1.82) is 0 Å². The fraction of sp³-hybridized carbons (Fsp3) is 0.643. The van der Waals surface area contributed by atoms with Gasteiger partial charge in [-0.3, -0.25) is 4.79 Å². The predicted octanol–water partition coefficient (Wildman–Crippen LogP) is -0.495. The Morgan fingerprint density at radius 2 is 2.11 bits per heavy atom. The normalized spacial score (nSPS) is 28.4. The molecule has 13 heteroatoms. The first-order valence-corrected chi connectivity index (χ1v) is 11.1. The molecule has 0 saturated carbocycles. The van der Waals surface area contributed by atoms with Crippen LogP contribution >= 0.6 is 22.6 Å². The molecule has 0 aliphatic carbocycles. The number of hydrogen-bond donors (Lipinski definition) is 0. The highest BCUT2D eigenvalue weighted by atomic mass is 127. The molecule has 0 aromatic carbocycles. The highest BCUT2D eigenvalue weighted by Gasteiger charge is 2.70. The summed E-state index contributed by atoms with van der Waals surface area (Å²) in [5.41, 5.74) is -0.0819. The van der Waals surface area contributed by atoms with Gasteiger partial charge in [-0.05, 0) is 36.4 Å². The lowest BCUT2D eigenvalue weighted by molar-refractivity contribution is -0.160. The molecule has 0 N–H and O–H groups in total. The van der Waals surface area contributed by atoms with Gasteiger partial charge >= 0.3 is 11.9 Å². The van der Waals surface area contributed by atoms with Crippen molar-refractivity contribution in [3.05, 3.63) is 11.9 Å². The maximum absolute atomic E-state index is 13.0. The van der Waals surface area contributed by atoms with Crippen molar-refractivity contribution in [3.8, 4) is 0 Å². The minimum atomic E-state index is -3.90. The van der Waals surface area contributed by atoms with E-state index in [0.717, 1.165) is 9.58 Å². The topological polar surface area (TPSA) is 138 Å². The lowest BCUT2D eigenvalue weighted by Gasteiger charge is -2.36. The number of β-lactam (4-membered cyclic amide) rings is 1. The Morgan fingerprint density at radius 1 is 1.41 bits per heavy atom. The van der Waals surface area contributed by atoms with Crippen LogP contribution in [-0.4, -0.2) is 73.5 Å². The molecule has 1 amide bonds. The SMILES string of the molecule is CCOC(=O)c1cn(C[C@@]2(C)[C@H](C(=O)OCI)N3C(=O)C[C@H]3S2(=O)=O)nn1. The fourth-order valence-corrected chi connectivity index (χ4v) is 6.06. The van der Waals surface area contributed by atoms with Gasteiger partial charge in [0.05, 0.1) is 25.8 Å². The molecule has 1 aromatic rings. The molecule has 148 valence electrons. The molecule has 3 heterocycles. The molecule has 0 unspecified atom stereocenters. The number of halogens is 1.